The molecule has 0 spiro atoms. The summed E-state index contributed by atoms with van der Waals surface area (Å²) >= 11 is 0. The number of rotatable bonds is 7. The average molecular weight is 424 g/mol. The molecule has 0 radical (unpaired) electrons. The number of halogens is 1. The lowest BCUT2D eigenvalue weighted by molar-refractivity contribution is 0.0696. The van der Waals surface area contributed by atoms with Gasteiger partial charge < -0.3 is 9.84 Å². The molecule has 0 amide bonds. The number of carboxylic acid groups (broad SMARTS) is 1. The molecule has 0 aromatic heterocycles. The van der Waals surface area contributed by atoms with Crippen LogP contribution in [-0.2, 0) is 6.61 Å². The minimum absolute atomic E-state index is 0.198. The summed E-state index contributed by atoms with van der Waals surface area (Å²) in [7, 11) is 0. The van der Waals surface area contributed by atoms with Crippen molar-refractivity contribution in [2.75, 3.05) is 0 Å². The quantitative estimate of drug-likeness (QED) is 0.327. The molecule has 32 heavy (non-hydrogen) atoms. The van der Waals surface area contributed by atoms with Crippen LogP contribution in [0.15, 0.2) is 97.1 Å². The molecule has 0 unspecified atom stereocenters. The summed E-state index contributed by atoms with van der Waals surface area (Å²) in [6.07, 6.45) is 3.62. The predicted octanol–water partition coefficient (Wildman–Crippen LogP) is 6.94. The van der Waals surface area contributed by atoms with Gasteiger partial charge in [-0.3, -0.25) is 0 Å². The van der Waals surface area contributed by atoms with Crippen LogP contribution in [0.25, 0.3) is 23.3 Å². The van der Waals surface area contributed by atoms with Crippen molar-refractivity contribution in [2.24, 2.45) is 0 Å². The van der Waals surface area contributed by atoms with Gasteiger partial charge in [-0.2, -0.15) is 0 Å². The van der Waals surface area contributed by atoms with E-state index in [1.54, 1.807) is 36.4 Å². The highest BCUT2D eigenvalue weighted by molar-refractivity contribution is 5.94. The molecule has 4 aromatic rings. The van der Waals surface area contributed by atoms with Gasteiger partial charge in [0.25, 0.3) is 0 Å². The van der Waals surface area contributed by atoms with Gasteiger partial charge >= 0.3 is 5.97 Å². The van der Waals surface area contributed by atoms with Crippen LogP contribution in [0.5, 0.6) is 5.75 Å². The first-order valence-corrected chi connectivity index (χ1v) is 10.2. The summed E-state index contributed by atoms with van der Waals surface area (Å²) in [4.78, 5) is 11.7. The fourth-order valence-corrected chi connectivity index (χ4v) is 3.35. The number of ether oxygens (including phenoxy) is 1. The van der Waals surface area contributed by atoms with Gasteiger partial charge in [0.2, 0.25) is 0 Å². The summed E-state index contributed by atoms with van der Waals surface area (Å²) in [5, 5.41) is 9.58. The van der Waals surface area contributed by atoms with Crippen molar-refractivity contribution in [3.8, 4) is 16.9 Å². The van der Waals surface area contributed by atoms with Crippen molar-refractivity contribution >= 4 is 18.1 Å². The highest BCUT2D eigenvalue weighted by atomic mass is 19.1. The van der Waals surface area contributed by atoms with Crippen molar-refractivity contribution < 1.29 is 19.0 Å². The SMILES string of the molecule is O=C(O)c1ccc(-c2ccc(F)cc2)cc1C=Cc1cccc(OCc2ccccc2)c1. The van der Waals surface area contributed by atoms with Crippen LogP contribution in [0, 0.1) is 5.82 Å². The van der Waals surface area contributed by atoms with Crippen LogP contribution in [0.4, 0.5) is 4.39 Å². The molecule has 0 saturated carbocycles. The highest BCUT2D eigenvalue weighted by Gasteiger charge is 2.10. The molecule has 4 aromatic carbocycles. The Morgan fingerprint density at radius 1 is 0.812 bits per heavy atom. The number of carboxylic acids is 1. The molecule has 4 rings (SSSR count). The molecule has 0 heterocycles. The van der Waals surface area contributed by atoms with E-state index >= 15 is 0 Å². The summed E-state index contributed by atoms with van der Waals surface area (Å²) in [5.41, 5.74) is 4.36. The van der Waals surface area contributed by atoms with Gasteiger partial charge in [-0.15, -0.1) is 0 Å². The van der Waals surface area contributed by atoms with Crippen molar-refractivity contribution in [3.63, 3.8) is 0 Å². The van der Waals surface area contributed by atoms with Crippen LogP contribution in [0.3, 0.4) is 0 Å². The normalized spacial score (nSPS) is 10.9. The summed E-state index contributed by atoms with van der Waals surface area (Å²) in [6.45, 7) is 0.469. The number of carbonyl (C=O) groups is 1. The van der Waals surface area contributed by atoms with Crippen LogP contribution in [0.2, 0.25) is 0 Å². The first kappa shape index (κ1) is 21.1. The first-order valence-electron chi connectivity index (χ1n) is 10.2. The van der Waals surface area contributed by atoms with E-state index in [0.29, 0.717) is 12.2 Å². The van der Waals surface area contributed by atoms with Crippen LogP contribution in [-0.4, -0.2) is 11.1 Å². The van der Waals surface area contributed by atoms with Crippen molar-refractivity contribution in [2.45, 2.75) is 6.61 Å². The average Bonchev–Trinajstić information content (AvgIpc) is 2.82. The van der Waals surface area contributed by atoms with Gasteiger partial charge in [0.1, 0.15) is 18.2 Å². The van der Waals surface area contributed by atoms with E-state index < -0.39 is 5.97 Å². The number of benzene rings is 4. The first-order chi connectivity index (χ1) is 15.6. The molecular weight excluding hydrogens is 403 g/mol. The zero-order valence-corrected chi connectivity index (χ0v) is 17.2. The monoisotopic (exact) mass is 424 g/mol. The van der Waals surface area contributed by atoms with Crippen molar-refractivity contribution in [3.05, 3.63) is 125 Å². The maximum atomic E-state index is 13.2. The third kappa shape index (κ3) is 5.29. The minimum atomic E-state index is -1.00. The van der Waals surface area contributed by atoms with Gasteiger partial charge in [0.05, 0.1) is 5.56 Å². The largest absolute Gasteiger partial charge is 0.489 e. The third-order valence-corrected chi connectivity index (χ3v) is 5.02. The minimum Gasteiger partial charge on any atom is -0.489 e. The van der Waals surface area contributed by atoms with E-state index in [1.807, 2.05) is 60.7 Å². The Labute approximate surface area is 186 Å². The summed E-state index contributed by atoms with van der Waals surface area (Å²) in [5.74, 6) is -0.588. The van der Waals surface area contributed by atoms with E-state index in [2.05, 4.69) is 0 Å². The Morgan fingerprint density at radius 2 is 1.56 bits per heavy atom. The van der Waals surface area contributed by atoms with E-state index in [0.717, 1.165) is 28.0 Å². The second-order valence-electron chi connectivity index (χ2n) is 7.29. The molecule has 0 aliphatic carbocycles. The van der Waals surface area contributed by atoms with Gasteiger partial charge in [-0.1, -0.05) is 72.8 Å². The van der Waals surface area contributed by atoms with E-state index in [9.17, 15) is 14.3 Å². The van der Waals surface area contributed by atoms with Gasteiger partial charge in [0, 0.05) is 0 Å². The Kier molecular flexibility index (Phi) is 6.42. The maximum absolute atomic E-state index is 13.2. The molecule has 0 saturated heterocycles. The molecule has 3 nitrogen and oxygen atoms in total. The number of hydrogen-bond acceptors (Lipinski definition) is 2. The zero-order valence-electron chi connectivity index (χ0n) is 17.2. The standard InChI is InChI=1S/C28H21FO3/c29-25-14-11-22(12-15-25)23-13-16-27(28(30)31)24(18-23)10-9-20-7-4-8-26(17-20)32-19-21-5-2-1-3-6-21/h1-18H,19H2,(H,30,31). The fraction of sp³-hybridized carbons (Fsp3) is 0.0357. The van der Waals surface area contributed by atoms with Crippen molar-refractivity contribution in [1.82, 2.24) is 0 Å². The summed E-state index contributed by atoms with van der Waals surface area (Å²) in [6, 6.07) is 28.7. The Morgan fingerprint density at radius 3 is 2.31 bits per heavy atom. The van der Waals surface area contributed by atoms with Crippen LogP contribution < -0.4 is 4.74 Å². The van der Waals surface area contributed by atoms with Crippen LogP contribution >= 0.6 is 0 Å². The Bertz CT molecular complexity index is 1250. The molecule has 158 valence electrons. The third-order valence-electron chi connectivity index (χ3n) is 5.02. The molecule has 0 fully saturated rings. The lowest BCUT2D eigenvalue weighted by Gasteiger charge is -2.08. The smallest absolute Gasteiger partial charge is 0.336 e. The molecule has 0 aliphatic heterocycles. The van der Waals surface area contributed by atoms with E-state index in [4.69, 9.17) is 4.74 Å². The molecular formula is C28H21FO3. The second kappa shape index (κ2) is 9.75. The molecule has 0 atom stereocenters. The molecule has 0 aliphatic rings. The van der Waals surface area contributed by atoms with Crippen LogP contribution in [0.1, 0.15) is 27.0 Å². The molecule has 1 N–H and O–H groups in total. The Hall–Kier alpha value is -4.18. The lowest BCUT2D eigenvalue weighted by Crippen LogP contribution is -1.99. The van der Waals surface area contributed by atoms with Gasteiger partial charge in [-0.05, 0) is 64.2 Å². The zero-order chi connectivity index (χ0) is 22.3. The topological polar surface area (TPSA) is 46.5 Å². The van der Waals surface area contributed by atoms with E-state index in [1.165, 1.54) is 12.1 Å². The lowest BCUT2D eigenvalue weighted by atomic mass is 9.98. The number of aromatic carboxylic acids is 1. The number of hydrogen-bond donors (Lipinski definition) is 1. The van der Waals surface area contributed by atoms with E-state index in [-0.39, 0.29) is 11.4 Å². The Balaban J connectivity index is 1.57. The maximum Gasteiger partial charge on any atom is 0.336 e. The van der Waals surface area contributed by atoms with Crippen molar-refractivity contribution in [1.29, 1.82) is 0 Å². The molecule has 0 bridgehead atoms. The fourth-order valence-electron chi connectivity index (χ4n) is 3.35. The van der Waals surface area contributed by atoms with Gasteiger partial charge in [-0.25, -0.2) is 9.18 Å². The molecule has 4 heteroatoms. The van der Waals surface area contributed by atoms with Gasteiger partial charge in [0.15, 0.2) is 0 Å². The highest BCUT2D eigenvalue weighted by Crippen LogP contribution is 2.25. The second-order valence-corrected chi connectivity index (χ2v) is 7.29. The summed E-state index contributed by atoms with van der Waals surface area (Å²) < 4.78 is 19.1. The predicted molar refractivity (Wildman–Crippen MR) is 125 cm³/mol.